The SMILES string of the molecule is CCc1ccc(C[As](C)[C@H]2CCN(c3ncccc3C(=O)OC(C)C)C2)s1. The van der Waals surface area contributed by atoms with Crippen molar-refractivity contribution in [3.63, 3.8) is 0 Å². The Kier molecular flexibility index (Phi) is 6.99. The summed E-state index contributed by atoms with van der Waals surface area (Å²) in [6.07, 6.45) is 3.99. The van der Waals surface area contributed by atoms with Crippen LogP contribution in [0.1, 0.15) is 47.3 Å². The summed E-state index contributed by atoms with van der Waals surface area (Å²) in [5.74, 6) is 0.519. The molecule has 0 saturated carbocycles. The van der Waals surface area contributed by atoms with E-state index in [-0.39, 0.29) is 12.1 Å². The van der Waals surface area contributed by atoms with Gasteiger partial charge in [0.1, 0.15) is 0 Å². The molecular weight excluding hydrogens is 419 g/mol. The van der Waals surface area contributed by atoms with Crippen molar-refractivity contribution in [2.75, 3.05) is 18.0 Å². The molecule has 2 atom stereocenters. The van der Waals surface area contributed by atoms with Crippen molar-refractivity contribution in [3.05, 3.63) is 45.8 Å². The van der Waals surface area contributed by atoms with E-state index in [9.17, 15) is 4.79 Å². The van der Waals surface area contributed by atoms with Gasteiger partial charge in [0, 0.05) is 0 Å². The molecule has 6 heteroatoms. The molecule has 1 fully saturated rings. The van der Waals surface area contributed by atoms with Crippen LogP contribution in [-0.4, -0.2) is 44.8 Å². The van der Waals surface area contributed by atoms with Crippen LogP contribution >= 0.6 is 11.3 Å². The maximum atomic E-state index is 12.4. The average Bonchev–Trinajstić information content (AvgIpc) is 3.30. The monoisotopic (exact) mass is 448 g/mol. The van der Waals surface area contributed by atoms with Gasteiger partial charge in [0.05, 0.1) is 0 Å². The van der Waals surface area contributed by atoms with E-state index in [1.165, 1.54) is 16.5 Å². The Labute approximate surface area is 171 Å². The quantitative estimate of drug-likeness (QED) is 0.453. The topological polar surface area (TPSA) is 42.4 Å². The van der Waals surface area contributed by atoms with E-state index in [0.29, 0.717) is 5.56 Å². The fraction of sp³-hybridized carbons (Fsp3) is 0.524. The first-order chi connectivity index (χ1) is 13.0. The minimum atomic E-state index is -0.955. The number of hydrogen-bond donors (Lipinski definition) is 0. The Morgan fingerprint density at radius 2 is 2.15 bits per heavy atom. The number of hydrogen-bond acceptors (Lipinski definition) is 5. The summed E-state index contributed by atoms with van der Waals surface area (Å²) in [4.78, 5) is 22.3. The van der Waals surface area contributed by atoms with E-state index in [1.54, 1.807) is 11.1 Å². The van der Waals surface area contributed by atoms with Crippen molar-refractivity contribution in [3.8, 4) is 0 Å². The summed E-state index contributed by atoms with van der Waals surface area (Å²) < 4.78 is 6.17. The Balaban J connectivity index is 1.66. The van der Waals surface area contributed by atoms with Gasteiger partial charge in [0.15, 0.2) is 0 Å². The average molecular weight is 448 g/mol. The molecule has 3 rings (SSSR count). The number of ether oxygens (including phenoxy) is 1. The van der Waals surface area contributed by atoms with E-state index in [1.807, 2.05) is 37.3 Å². The molecule has 1 saturated heterocycles. The van der Waals surface area contributed by atoms with E-state index in [4.69, 9.17) is 4.74 Å². The zero-order chi connectivity index (χ0) is 19.4. The number of aryl methyl sites for hydroxylation is 1. The maximum absolute atomic E-state index is 12.4. The molecule has 1 aliphatic heterocycles. The van der Waals surface area contributed by atoms with Crippen LogP contribution < -0.4 is 4.90 Å². The van der Waals surface area contributed by atoms with E-state index >= 15 is 0 Å². The number of carbonyl (C=O) groups excluding carboxylic acids is 1. The van der Waals surface area contributed by atoms with Gasteiger partial charge in [0.2, 0.25) is 0 Å². The van der Waals surface area contributed by atoms with E-state index in [0.717, 1.165) is 30.0 Å². The molecule has 1 aliphatic rings. The van der Waals surface area contributed by atoms with Crippen molar-refractivity contribution in [2.24, 2.45) is 0 Å². The minimum absolute atomic E-state index is 0.122. The second kappa shape index (κ2) is 9.25. The van der Waals surface area contributed by atoms with Crippen LogP contribution in [0, 0.1) is 0 Å². The third-order valence-electron chi connectivity index (χ3n) is 4.91. The van der Waals surface area contributed by atoms with Gasteiger partial charge < -0.3 is 0 Å². The van der Waals surface area contributed by atoms with Gasteiger partial charge in [-0.15, -0.1) is 0 Å². The van der Waals surface area contributed by atoms with Crippen molar-refractivity contribution in [1.29, 1.82) is 0 Å². The van der Waals surface area contributed by atoms with Crippen LogP contribution in [-0.2, 0) is 16.4 Å². The zero-order valence-corrected chi connectivity index (χ0v) is 19.3. The molecule has 0 bridgehead atoms. The van der Waals surface area contributed by atoms with Crippen LogP contribution in [0.2, 0.25) is 10.4 Å². The first-order valence-corrected chi connectivity index (χ1v) is 14.8. The third-order valence-corrected chi connectivity index (χ3v) is 11.9. The second-order valence-electron chi connectivity index (χ2n) is 7.35. The number of aromatic nitrogens is 1. The van der Waals surface area contributed by atoms with Crippen molar-refractivity contribution in [1.82, 2.24) is 4.98 Å². The van der Waals surface area contributed by atoms with Gasteiger partial charge in [0.25, 0.3) is 0 Å². The van der Waals surface area contributed by atoms with Crippen LogP contribution in [0.5, 0.6) is 0 Å². The van der Waals surface area contributed by atoms with Gasteiger partial charge >= 0.3 is 171 Å². The molecule has 0 aromatic carbocycles. The number of esters is 1. The number of nitrogens with zero attached hydrogens (tertiary/aromatic N) is 2. The first kappa shape index (κ1) is 20.4. The Bertz CT molecular complexity index is 777. The fourth-order valence-corrected chi connectivity index (χ4v) is 9.69. The molecule has 3 heterocycles. The number of rotatable bonds is 7. The van der Waals surface area contributed by atoms with Crippen molar-refractivity contribution in [2.45, 2.75) is 55.3 Å². The third kappa shape index (κ3) is 5.14. The molecule has 146 valence electrons. The van der Waals surface area contributed by atoms with Gasteiger partial charge in [-0.05, 0) is 0 Å². The molecule has 27 heavy (non-hydrogen) atoms. The van der Waals surface area contributed by atoms with Crippen LogP contribution in [0.4, 0.5) is 5.82 Å². The fourth-order valence-electron chi connectivity index (χ4n) is 3.45. The second-order valence-corrected chi connectivity index (χ2v) is 14.0. The molecule has 0 amide bonds. The molecule has 4 nitrogen and oxygen atoms in total. The predicted octanol–water partition coefficient (Wildman–Crippen LogP) is 4.76. The van der Waals surface area contributed by atoms with Gasteiger partial charge in [-0.3, -0.25) is 0 Å². The summed E-state index contributed by atoms with van der Waals surface area (Å²) in [5.41, 5.74) is 3.09. The molecule has 2 aromatic rings. The Morgan fingerprint density at radius 1 is 1.37 bits per heavy atom. The summed E-state index contributed by atoms with van der Waals surface area (Å²) >= 11 is 1.02. The number of pyridine rings is 1. The summed E-state index contributed by atoms with van der Waals surface area (Å²) in [6.45, 7) is 7.97. The first-order valence-electron chi connectivity index (χ1n) is 9.66. The number of carbonyl (C=O) groups is 1. The number of thiophene rings is 1. The van der Waals surface area contributed by atoms with Gasteiger partial charge in [-0.2, -0.15) is 0 Å². The Hall–Kier alpha value is -1.32. The summed E-state index contributed by atoms with van der Waals surface area (Å²) in [5, 5.41) is 1.28. The zero-order valence-electron chi connectivity index (χ0n) is 16.6. The summed E-state index contributed by atoms with van der Waals surface area (Å²) in [6, 6.07) is 8.25. The molecule has 0 aliphatic carbocycles. The predicted molar refractivity (Wildman–Crippen MR) is 114 cm³/mol. The standard InChI is InChI=1S/C21H29AsN2O2S/c1-5-17-8-9-18(27-17)13-22(4)16-10-12-24(14-16)20-19(7-6-11-23-20)21(25)26-15(2)3/h6-9,11,15-16H,5,10,12-14H2,1-4H3/t16-,22?/m0/s1. The van der Waals surface area contributed by atoms with E-state index < -0.39 is 14.7 Å². The molecule has 0 N–H and O–H groups in total. The molecule has 2 aromatic heterocycles. The number of anilines is 1. The van der Waals surface area contributed by atoms with Crippen LogP contribution in [0.25, 0.3) is 0 Å². The van der Waals surface area contributed by atoms with Crippen molar-refractivity contribution < 1.29 is 9.53 Å². The van der Waals surface area contributed by atoms with Crippen molar-refractivity contribution >= 4 is 37.8 Å². The molecular formula is C21H29AsN2O2S. The van der Waals surface area contributed by atoms with E-state index in [2.05, 4.69) is 34.7 Å². The van der Waals surface area contributed by atoms with Gasteiger partial charge in [-0.25, -0.2) is 0 Å². The Morgan fingerprint density at radius 3 is 2.85 bits per heavy atom. The molecule has 1 unspecified atom stereocenters. The van der Waals surface area contributed by atoms with Gasteiger partial charge in [-0.1, -0.05) is 0 Å². The molecule has 0 radical (unpaired) electrons. The normalized spacial score (nSPS) is 18.1. The van der Waals surface area contributed by atoms with Crippen LogP contribution in [0.3, 0.4) is 0 Å². The summed E-state index contributed by atoms with van der Waals surface area (Å²) in [7, 11) is 0. The molecule has 0 spiro atoms. The van der Waals surface area contributed by atoms with Crippen LogP contribution in [0.15, 0.2) is 30.5 Å².